The Bertz CT molecular complexity index is 3780. The first-order valence-corrected chi connectivity index (χ1v) is 22.3. The summed E-state index contributed by atoms with van der Waals surface area (Å²) in [5.74, 6) is 1.22. The fourth-order valence-corrected chi connectivity index (χ4v) is 11.7. The van der Waals surface area contributed by atoms with Gasteiger partial charge in [-0.25, -0.2) is 4.98 Å². The minimum absolute atomic E-state index is 0.288. The summed E-state index contributed by atoms with van der Waals surface area (Å²) in [5.41, 5.74) is 17.1. The van der Waals surface area contributed by atoms with Gasteiger partial charge in [0.05, 0.1) is 11.0 Å². The van der Waals surface area contributed by atoms with Crippen molar-refractivity contribution in [2.45, 2.75) is 12.8 Å². The predicted molar refractivity (Wildman–Crippen MR) is 264 cm³/mol. The molecule has 2 aromatic heterocycles. The molecule has 1 aliphatic rings. The minimum Gasteiger partial charge on any atom is -0.292 e. The largest absolute Gasteiger partial charge is 0.292 e. The van der Waals surface area contributed by atoms with Gasteiger partial charge in [-0.2, -0.15) is 0 Å². The highest BCUT2D eigenvalue weighted by Gasteiger charge is 2.28. The van der Waals surface area contributed by atoms with Crippen LogP contribution in [0.3, 0.4) is 0 Å². The van der Waals surface area contributed by atoms with Crippen LogP contribution >= 0.6 is 11.3 Å². The summed E-state index contributed by atoms with van der Waals surface area (Å²) in [7, 11) is 0. The number of imidazole rings is 1. The molecule has 0 saturated heterocycles. The van der Waals surface area contributed by atoms with Gasteiger partial charge in [-0.05, 0) is 132 Å². The lowest BCUT2D eigenvalue weighted by Crippen LogP contribution is -1.98. The molecule has 0 bridgehead atoms. The molecule has 290 valence electrons. The van der Waals surface area contributed by atoms with Crippen LogP contribution in [-0.4, -0.2) is 9.55 Å². The molecule has 0 radical (unpaired) electrons. The Balaban J connectivity index is 1.08. The molecule has 2 heterocycles. The van der Waals surface area contributed by atoms with E-state index in [0.717, 1.165) is 28.1 Å². The van der Waals surface area contributed by atoms with Gasteiger partial charge >= 0.3 is 0 Å². The van der Waals surface area contributed by atoms with Gasteiger partial charge in [0.15, 0.2) is 0 Å². The highest BCUT2D eigenvalue weighted by Crippen LogP contribution is 2.52. The number of para-hydroxylation sites is 3. The second-order valence-corrected chi connectivity index (χ2v) is 17.7. The van der Waals surface area contributed by atoms with E-state index in [4.69, 9.17) is 4.98 Å². The standard InChI is InChI=1S/C59H38N2S/c1-36-42-22-5-6-23-44(42)50-35-52-51(34-49(36)50)57(39-18-14-19-40(33-39)59-60-53-29-10-11-30-54(53)61(59)41-20-3-2-4-21-41)47-26-8-7-25-46(47)56(52)38-17-13-16-37(32-38)43-27-15-28-48-45-24-9-12-31-55(45)62-58(43)48/h2-36H,1H3. The van der Waals surface area contributed by atoms with Crippen molar-refractivity contribution in [1.82, 2.24) is 9.55 Å². The molecule has 1 atom stereocenters. The molecule has 0 aliphatic heterocycles. The van der Waals surface area contributed by atoms with Crippen LogP contribution in [0.25, 0.3) is 114 Å². The Hall–Kier alpha value is -7.59. The molecular formula is C59H38N2S. The van der Waals surface area contributed by atoms with Crippen LogP contribution in [0.2, 0.25) is 0 Å². The Morgan fingerprint density at radius 1 is 0.419 bits per heavy atom. The van der Waals surface area contributed by atoms with Crippen LogP contribution in [0.5, 0.6) is 0 Å². The van der Waals surface area contributed by atoms with E-state index in [1.54, 1.807) is 0 Å². The van der Waals surface area contributed by atoms with Crippen molar-refractivity contribution in [1.29, 1.82) is 0 Å². The van der Waals surface area contributed by atoms with E-state index in [-0.39, 0.29) is 5.92 Å². The highest BCUT2D eigenvalue weighted by atomic mass is 32.1. The number of nitrogens with zero attached hydrogens (tertiary/aromatic N) is 2. The molecule has 0 spiro atoms. The van der Waals surface area contributed by atoms with Gasteiger partial charge < -0.3 is 0 Å². The lowest BCUT2D eigenvalue weighted by atomic mass is 9.83. The summed E-state index contributed by atoms with van der Waals surface area (Å²) >= 11 is 1.89. The fraction of sp³-hybridized carbons (Fsp3) is 0.0339. The van der Waals surface area contributed by atoms with E-state index in [1.807, 2.05) is 11.3 Å². The summed E-state index contributed by atoms with van der Waals surface area (Å²) in [6.45, 7) is 2.37. The fourth-order valence-electron chi connectivity index (χ4n) is 10.4. The topological polar surface area (TPSA) is 17.8 Å². The highest BCUT2D eigenvalue weighted by molar-refractivity contribution is 7.26. The van der Waals surface area contributed by atoms with Crippen molar-refractivity contribution in [3.05, 3.63) is 217 Å². The smallest absolute Gasteiger partial charge is 0.145 e. The number of fused-ring (bicyclic) bond motifs is 9. The van der Waals surface area contributed by atoms with E-state index in [1.165, 1.54) is 97.4 Å². The zero-order chi connectivity index (χ0) is 40.9. The summed E-state index contributed by atoms with van der Waals surface area (Å²) in [6.07, 6.45) is 0. The first-order valence-electron chi connectivity index (χ1n) is 21.4. The van der Waals surface area contributed by atoms with Gasteiger partial charge in [-0.15, -0.1) is 11.3 Å². The van der Waals surface area contributed by atoms with Gasteiger partial charge in [0, 0.05) is 37.3 Å². The van der Waals surface area contributed by atoms with Gasteiger partial charge in [0.2, 0.25) is 0 Å². The maximum atomic E-state index is 5.28. The van der Waals surface area contributed by atoms with Crippen LogP contribution in [0.15, 0.2) is 206 Å². The quantitative estimate of drug-likeness (QED) is 0.158. The molecule has 2 nitrogen and oxygen atoms in total. The van der Waals surface area contributed by atoms with Crippen molar-refractivity contribution in [2.75, 3.05) is 0 Å². The number of benzene rings is 10. The number of rotatable bonds is 5. The van der Waals surface area contributed by atoms with Crippen molar-refractivity contribution in [3.63, 3.8) is 0 Å². The van der Waals surface area contributed by atoms with Gasteiger partial charge in [0.25, 0.3) is 0 Å². The third kappa shape index (κ3) is 5.25. The zero-order valence-electron chi connectivity index (χ0n) is 34.0. The first-order chi connectivity index (χ1) is 30.7. The van der Waals surface area contributed by atoms with Gasteiger partial charge in [0.1, 0.15) is 5.82 Å². The molecule has 1 aliphatic carbocycles. The molecular weight excluding hydrogens is 769 g/mol. The Morgan fingerprint density at radius 2 is 1.02 bits per heavy atom. The average molecular weight is 807 g/mol. The van der Waals surface area contributed by atoms with Crippen molar-refractivity contribution < 1.29 is 0 Å². The number of aromatic nitrogens is 2. The summed E-state index contributed by atoms with van der Waals surface area (Å²) in [4.78, 5) is 5.28. The third-order valence-corrected chi connectivity index (χ3v) is 14.4. The average Bonchev–Trinajstić information content (AvgIpc) is 4.00. The van der Waals surface area contributed by atoms with Crippen LogP contribution in [-0.2, 0) is 0 Å². The lowest BCUT2D eigenvalue weighted by molar-refractivity contribution is 0.959. The third-order valence-electron chi connectivity index (χ3n) is 13.2. The van der Waals surface area contributed by atoms with Gasteiger partial charge in [-0.1, -0.05) is 159 Å². The SMILES string of the molecule is CC1c2ccccc2-c2cc3c(-c4cccc(-c5cccc6c5sc5ccccc56)c4)c4ccccc4c(-c4cccc(-c5nc6ccccc6n5-c5ccccc5)c4)c3cc21. The maximum Gasteiger partial charge on any atom is 0.145 e. The minimum atomic E-state index is 0.288. The molecule has 1 unspecified atom stereocenters. The Morgan fingerprint density at radius 3 is 1.84 bits per heavy atom. The van der Waals surface area contributed by atoms with E-state index in [2.05, 4.69) is 218 Å². The second kappa shape index (κ2) is 13.7. The summed E-state index contributed by atoms with van der Waals surface area (Å²) < 4.78 is 4.95. The van der Waals surface area contributed by atoms with Crippen LogP contribution in [0.1, 0.15) is 24.0 Å². The van der Waals surface area contributed by atoms with E-state index in [9.17, 15) is 0 Å². The molecule has 10 aromatic carbocycles. The molecule has 13 rings (SSSR count). The predicted octanol–water partition coefficient (Wildman–Crippen LogP) is 16.5. The van der Waals surface area contributed by atoms with Crippen LogP contribution < -0.4 is 0 Å². The van der Waals surface area contributed by atoms with E-state index >= 15 is 0 Å². The molecule has 0 amide bonds. The molecule has 12 aromatic rings. The van der Waals surface area contributed by atoms with Crippen molar-refractivity contribution >= 4 is 64.1 Å². The summed E-state index contributed by atoms with van der Waals surface area (Å²) in [6, 6.07) is 76.0. The monoisotopic (exact) mass is 806 g/mol. The molecule has 62 heavy (non-hydrogen) atoms. The second-order valence-electron chi connectivity index (χ2n) is 16.6. The molecule has 0 fully saturated rings. The molecule has 0 N–H and O–H groups in total. The Labute approximate surface area is 363 Å². The maximum absolute atomic E-state index is 5.28. The summed E-state index contributed by atoms with van der Waals surface area (Å²) in [5, 5.41) is 7.65. The van der Waals surface area contributed by atoms with E-state index < -0.39 is 0 Å². The van der Waals surface area contributed by atoms with Crippen molar-refractivity contribution in [3.8, 4) is 61.6 Å². The van der Waals surface area contributed by atoms with Crippen LogP contribution in [0, 0.1) is 0 Å². The Kier molecular flexibility index (Phi) is 7.79. The van der Waals surface area contributed by atoms with Crippen LogP contribution in [0.4, 0.5) is 0 Å². The van der Waals surface area contributed by atoms with Gasteiger partial charge in [-0.3, -0.25) is 4.57 Å². The van der Waals surface area contributed by atoms with Crippen molar-refractivity contribution in [2.24, 2.45) is 0 Å². The number of thiophene rings is 1. The normalized spacial score (nSPS) is 13.4. The molecule has 3 heteroatoms. The number of hydrogen-bond acceptors (Lipinski definition) is 2. The molecule has 0 saturated carbocycles. The zero-order valence-corrected chi connectivity index (χ0v) is 34.8. The lowest BCUT2D eigenvalue weighted by Gasteiger charge is -2.20. The number of hydrogen-bond donors (Lipinski definition) is 0. The van der Waals surface area contributed by atoms with E-state index in [0.29, 0.717) is 0 Å². The first kappa shape index (κ1) is 35.2.